The summed E-state index contributed by atoms with van der Waals surface area (Å²) in [4.78, 5) is 3.97. The molecular weight excluding hydrogens is 407 g/mol. The van der Waals surface area contributed by atoms with Gasteiger partial charge in [0.1, 0.15) is 0 Å². The molecule has 0 heterocycles. The van der Waals surface area contributed by atoms with Gasteiger partial charge in [-0.2, -0.15) is 22.7 Å². The molecule has 0 aliphatic rings. The molecule has 0 nitrogen and oxygen atoms in total. The summed E-state index contributed by atoms with van der Waals surface area (Å²) in [6.45, 7) is 2.30. The number of rotatable bonds is 9. The molecule has 0 aliphatic heterocycles. The predicted molar refractivity (Wildman–Crippen MR) is 139 cm³/mol. The van der Waals surface area contributed by atoms with Crippen LogP contribution in [-0.2, 0) is 0 Å². The van der Waals surface area contributed by atoms with Crippen LogP contribution in [0.15, 0.2) is 87.5 Å². The zero-order valence-corrected chi connectivity index (χ0v) is 20.3. The van der Waals surface area contributed by atoms with E-state index in [0.29, 0.717) is 0 Å². The van der Waals surface area contributed by atoms with Gasteiger partial charge in [0.15, 0.2) is 0 Å². The van der Waals surface area contributed by atoms with Gasteiger partial charge in [0.05, 0.1) is 6.15 Å². The van der Waals surface area contributed by atoms with Gasteiger partial charge in [0.2, 0.25) is 0 Å². The summed E-state index contributed by atoms with van der Waals surface area (Å²) in [7, 11) is 0. The number of hydrogen-bond donors (Lipinski definition) is 0. The maximum Gasteiger partial charge on any atom is 0.0814 e. The van der Waals surface area contributed by atoms with Gasteiger partial charge < -0.3 is 0 Å². The number of hydrogen-bond acceptors (Lipinski definition) is 3. The van der Waals surface area contributed by atoms with Gasteiger partial charge in [-0.15, -0.1) is 35.3 Å². The topological polar surface area (TPSA) is 0 Å². The SMILES string of the molecule is CCCC[B-](c1ccc(SC)cc1)(c1ccc(SC)cc1)c1ccc(SC)cc1. The lowest BCUT2D eigenvalue weighted by atomic mass is 9.14. The molecule has 3 aromatic rings. The van der Waals surface area contributed by atoms with Gasteiger partial charge >= 0.3 is 0 Å². The quantitative estimate of drug-likeness (QED) is 0.292. The van der Waals surface area contributed by atoms with Crippen LogP contribution in [0.4, 0.5) is 0 Å². The first-order chi connectivity index (χ1) is 14.2. The lowest BCUT2D eigenvalue weighted by molar-refractivity contribution is 0.874. The highest BCUT2D eigenvalue weighted by Gasteiger charge is 2.29. The van der Waals surface area contributed by atoms with Gasteiger partial charge in [-0.05, 0) is 18.8 Å². The van der Waals surface area contributed by atoms with Gasteiger partial charge in [-0.1, -0.05) is 92.6 Å². The van der Waals surface area contributed by atoms with E-state index in [1.54, 1.807) is 0 Å². The standard InChI is InChI=1S/C25H30BS3/c1-5-6-19-26(20-7-13-23(27-2)14-8-20,21-9-15-24(28-3)16-10-21)22-11-17-25(29-4)18-12-22/h7-18H,5-6,19H2,1-4H3/q-1. The lowest BCUT2D eigenvalue weighted by Crippen LogP contribution is -2.66. The van der Waals surface area contributed by atoms with Crippen LogP contribution in [0.25, 0.3) is 0 Å². The van der Waals surface area contributed by atoms with Crippen LogP contribution < -0.4 is 16.4 Å². The molecule has 29 heavy (non-hydrogen) atoms. The molecule has 0 aliphatic carbocycles. The highest BCUT2D eigenvalue weighted by atomic mass is 32.2. The first-order valence-electron chi connectivity index (χ1n) is 10.3. The smallest absolute Gasteiger partial charge is 0.0814 e. The van der Waals surface area contributed by atoms with Crippen molar-refractivity contribution < 1.29 is 0 Å². The Hall–Kier alpha value is -1.23. The molecule has 0 bridgehead atoms. The fourth-order valence-electron chi connectivity index (χ4n) is 4.38. The van der Waals surface area contributed by atoms with Crippen molar-refractivity contribution in [2.24, 2.45) is 0 Å². The van der Waals surface area contributed by atoms with Crippen LogP contribution in [0.3, 0.4) is 0 Å². The van der Waals surface area contributed by atoms with E-state index in [1.807, 2.05) is 35.3 Å². The minimum atomic E-state index is -1.00. The Balaban J connectivity index is 2.23. The van der Waals surface area contributed by atoms with E-state index >= 15 is 0 Å². The third kappa shape index (κ3) is 4.92. The van der Waals surface area contributed by atoms with E-state index in [1.165, 1.54) is 50.2 Å². The largest absolute Gasteiger partial charge is 0.200 e. The van der Waals surface area contributed by atoms with E-state index < -0.39 is 6.15 Å². The van der Waals surface area contributed by atoms with Crippen LogP contribution in [0.5, 0.6) is 0 Å². The molecule has 3 rings (SSSR count). The molecule has 3 aromatic carbocycles. The first kappa shape index (κ1) is 22.5. The van der Waals surface area contributed by atoms with Crippen LogP contribution in [0.2, 0.25) is 6.32 Å². The molecule has 152 valence electrons. The summed E-state index contributed by atoms with van der Waals surface area (Å²) in [5, 5.41) is 0. The summed E-state index contributed by atoms with van der Waals surface area (Å²) in [5.41, 5.74) is 4.35. The Labute approximate surface area is 189 Å². The summed E-state index contributed by atoms with van der Waals surface area (Å²) in [6.07, 6.45) is 9.03. The average molecular weight is 438 g/mol. The molecular formula is C25H30BS3-. The van der Waals surface area contributed by atoms with Crippen molar-refractivity contribution >= 4 is 57.8 Å². The van der Waals surface area contributed by atoms with Crippen molar-refractivity contribution in [3.05, 3.63) is 72.8 Å². The fraction of sp³-hybridized carbons (Fsp3) is 0.280. The van der Waals surface area contributed by atoms with Crippen LogP contribution in [0.1, 0.15) is 19.8 Å². The Bertz CT molecular complexity index is 771. The zero-order valence-electron chi connectivity index (χ0n) is 17.9. The normalized spacial score (nSPS) is 11.6. The van der Waals surface area contributed by atoms with Gasteiger partial charge in [-0.3, -0.25) is 0 Å². The minimum absolute atomic E-state index is 1.00. The molecule has 0 unspecified atom stereocenters. The zero-order chi connectivity index (χ0) is 20.7. The van der Waals surface area contributed by atoms with Gasteiger partial charge in [-0.25, -0.2) is 0 Å². The van der Waals surface area contributed by atoms with Crippen LogP contribution >= 0.6 is 35.3 Å². The van der Waals surface area contributed by atoms with Gasteiger partial charge in [0, 0.05) is 14.7 Å². The number of unbranched alkanes of at least 4 members (excludes halogenated alkanes) is 1. The Morgan fingerprint density at radius 1 is 0.552 bits per heavy atom. The number of thioether (sulfide) groups is 3. The number of benzene rings is 3. The second kappa shape index (κ2) is 10.7. The lowest BCUT2D eigenvalue weighted by Gasteiger charge is -2.43. The van der Waals surface area contributed by atoms with Crippen LogP contribution in [0, 0.1) is 0 Å². The van der Waals surface area contributed by atoms with Crippen molar-refractivity contribution in [1.29, 1.82) is 0 Å². The summed E-state index contributed by atoms with van der Waals surface area (Å²) in [6, 6.07) is 27.9. The van der Waals surface area contributed by atoms with Crippen molar-refractivity contribution in [2.45, 2.75) is 40.8 Å². The van der Waals surface area contributed by atoms with E-state index in [-0.39, 0.29) is 0 Å². The molecule has 0 saturated heterocycles. The fourth-order valence-corrected chi connectivity index (χ4v) is 5.61. The summed E-state index contributed by atoms with van der Waals surface area (Å²) < 4.78 is 0. The molecule has 0 radical (unpaired) electrons. The molecule has 0 aromatic heterocycles. The molecule has 4 heteroatoms. The Morgan fingerprint density at radius 2 is 0.862 bits per heavy atom. The monoisotopic (exact) mass is 437 g/mol. The molecule has 0 N–H and O–H groups in total. The summed E-state index contributed by atoms with van der Waals surface area (Å²) >= 11 is 5.43. The Kier molecular flexibility index (Phi) is 8.29. The van der Waals surface area contributed by atoms with E-state index in [4.69, 9.17) is 0 Å². The van der Waals surface area contributed by atoms with Crippen molar-refractivity contribution in [3.63, 3.8) is 0 Å². The highest BCUT2D eigenvalue weighted by Crippen LogP contribution is 2.22. The van der Waals surface area contributed by atoms with E-state index in [9.17, 15) is 0 Å². The average Bonchev–Trinajstić information content (AvgIpc) is 2.80. The Morgan fingerprint density at radius 3 is 1.10 bits per heavy atom. The maximum atomic E-state index is 2.37. The molecule has 0 amide bonds. The third-order valence-electron chi connectivity index (χ3n) is 6.05. The minimum Gasteiger partial charge on any atom is -0.200 e. The predicted octanol–water partition coefficient (Wildman–Crippen LogP) is 6.12. The second-order valence-corrected chi connectivity index (χ2v) is 10.1. The van der Waals surface area contributed by atoms with E-state index in [0.717, 1.165) is 0 Å². The van der Waals surface area contributed by atoms with Gasteiger partial charge in [0.25, 0.3) is 0 Å². The van der Waals surface area contributed by atoms with E-state index in [2.05, 4.69) is 98.5 Å². The molecule has 0 atom stereocenters. The first-order valence-corrected chi connectivity index (χ1v) is 14.0. The second-order valence-electron chi connectivity index (χ2n) is 7.51. The van der Waals surface area contributed by atoms with Crippen LogP contribution in [-0.4, -0.2) is 24.9 Å². The third-order valence-corrected chi connectivity index (χ3v) is 8.28. The summed E-state index contributed by atoms with van der Waals surface area (Å²) in [5.74, 6) is 0. The maximum absolute atomic E-state index is 2.37. The van der Waals surface area contributed by atoms with Crippen molar-refractivity contribution in [1.82, 2.24) is 0 Å². The van der Waals surface area contributed by atoms with Crippen molar-refractivity contribution in [3.8, 4) is 0 Å². The molecule has 0 saturated carbocycles. The van der Waals surface area contributed by atoms with Crippen molar-refractivity contribution in [2.75, 3.05) is 18.8 Å². The highest BCUT2D eigenvalue weighted by molar-refractivity contribution is 7.99. The molecule has 0 fully saturated rings. The molecule has 0 spiro atoms.